The summed E-state index contributed by atoms with van der Waals surface area (Å²) in [5.74, 6) is 1.22. The zero-order valence-corrected chi connectivity index (χ0v) is 14.1. The summed E-state index contributed by atoms with van der Waals surface area (Å²) >= 11 is 0. The van der Waals surface area contributed by atoms with Crippen molar-refractivity contribution in [2.45, 2.75) is 50.5 Å². The zero-order chi connectivity index (χ0) is 15.9. The molecule has 4 rings (SSSR count). The number of nitrogens with zero attached hydrogens (tertiary/aromatic N) is 1. The lowest BCUT2D eigenvalue weighted by Crippen LogP contribution is -2.47. The molecule has 3 nitrogen and oxygen atoms in total. The Hall–Kier alpha value is -1.35. The normalized spacial score (nSPS) is 30.0. The fourth-order valence-electron chi connectivity index (χ4n) is 4.14. The third kappa shape index (κ3) is 3.30. The van der Waals surface area contributed by atoms with Crippen molar-refractivity contribution in [1.29, 1.82) is 0 Å². The van der Waals surface area contributed by atoms with Crippen LogP contribution in [0.15, 0.2) is 30.3 Å². The Morgan fingerprint density at radius 1 is 1.22 bits per heavy atom. The summed E-state index contributed by atoms with van der Waals surface area (Å²) in [6.07, 6.45) is 5.96. The highest BCUT2D eigenvalue weighted by Crippen LogP contribution is 2.48. The number of amides is 1. The Balaban J connectivity index is 1.26. The first-order chi connectivity index (χ1) is 11.2. The molecule has 2 atom stereocenters. The minimum absolute atomic E-state index is 0.305. The van der Waals surface area contributed by atoms with Gasteiger partial charge in [0.25, 0.3) is 0 Å². The van der Waals surface area contributed by atoms with Gasteiger partial charge in [-0.25, -0.2) is 0 Å². The van der Waals surface area contributed by atoms with E-state index in [9.17, 15) is 4.79 Å². The van der Waals surface area contributed by atoms with Gasteiger partial charge in [-0.2, -0.15) is 0 Å². The lowest BCUT2D eigenvalue weighted by Gasteiger charge is -2.35. The molecule has 1 aromatic carbocycles. The fraction of sp³-hybridized carbons (Fsp3) is 0.650. The van der Waals surface area contributed by atoms with Crippen LogP contribution >= 0.6 is 0 Å². The number of carbonyl (C=O) groups is 1. The van der Waals surface area contributed by atoms with E-state index in [0.29, 0.717) is 29.2 Å². The number of rotatable bonds is 5. The summed E-state index contributed by atoms with van der Waals surface area (Å²) < 4.78 is 0. The average molecular weight is 312 g/mol. The molecule has 1 aliphatic heterocycles. The van der Waals surface area contributed by atoms with Gasteiger partial charge in [0.2, 0.25) is 5.91 Å². The van der Waals surface area contributed by atoms with Crippen molar-refractivity contribution >= 4 is 5.91 Å². The van der Waals surface area contributed by atoms with Gasteiger partial charge in [-0.05, 0) is 43.6 Å². The highest BCUT2D eigenvalue weighted by atomic mass is 16.2. The second kappa shape index (κ2) is 5.94. The molecule has 0 bridgehead atoms. The summed E-state index contributed by atoms with van der Waals surface area (Å²) in [6, 6.07) is 11.4. The van der Waals surface area contributed by atoms with E-state index in [1.165, 1.54) is 24.9 Å². The van der Waals surface area contributed by atoms with Crippen molar-refractivity contribution in [3.05, 3.63) is 35.9 Å². The predicted octanol–water partition coefficient (Wildman–Crippen LogP) is 2.95. The predicted molar refractivity (Wildman–Crippen MR) is 92.2 cm³/mol. The van der Waals surface area contributed by atoms with Crippen LogP contribution in [0.3, 0.4) is 0 Å². The van der Waals surface area contributed by atoms with Crippen molar-refractivity contribution in [1.82, 2.24) is 10.2 Å². The number of benzene rings is 1. The highest BCUT2D eigenvalue weighted by Gasteiger charge is 2.45. The van der Waals surface area contributed by atoms with Crippen LogP contribution in [0.1, 0.15) is 44.6 Å². The third-order valence-corrected chi connectivity index (χ3v) is 6.15. The van der Waals surface area contributed by atoms with E-state index >= 15 is 0 Å². The Morgan fingerprint density at radius 2 is 1.87 bits per heavy atom. The van der Waals surface area contributed by atoms with E-state index in [1.807, 2.05) is 0 Å². The van der Waals surface area contributed by atoms with E-state index in [4.69, 9.17) is 0 Å². The summed E-state index contributed by atoms with van der Waals surface area (Å²) in [6.45, 7) is 5.61. The fourth-order valence-corrected chi connectivity index (χ4v) is 4.14. The van der Waals surface area contributed by atoms with Crippen LogP contribution in [0.25, 0.3) is 0 Å². The molecule has 0 spiro atoms. The van der Waals surface area contributed by atoms with E-state index in [2.05, 4.69) is 47.5 Å². The number of carbonyl (C=O) groups excluding carboxylic acids is 1. The van der Waals surface area contributed by atoms with E-state index < -0.39 is 0 Å². The second-order valence-corrected chi connectivity index (χ2v) is 8.02. The smallest absolute Gasteiger partial charge is 0.223 e. The SMILES string of the molecule is C[C@@H]1C[C@H]1C(=O)NC1CCN(CC2(c3ccccc3)CC2)CC1. The molecule has 23 heavy (non-hydrogen) atoms. The number of hydrogen-bond acceptors (Lipinski definition) is 2. The topological polar surface area (TPSA) is 32.3 Å². The molecule has 1 N–H and O–H groups in total. The maximum atomic E-state index is 12.1. The Labute approximate surface area is 139 Å². The highest BCUT2D eigenvalue weighted by molar-refractivity contribution is 5.81. The molecule has 1 amide bonds. The number of hydrogen-bond donors (Lipinski definition) is 1. The van der Waals surface area contributed by atoms with Crippen LogP contribution in [-0.4, -0.2) is 36.5 Å². The van der Waals surface area contributed by atoms with Gasteiger partial charge in [-0.3, -0.25) is 4.79 Å². The van der Waals surface area contributed by atoms with Gasteiger partial charge in [-0.1, -0.05) is 37.3 Å². The van der Waals surface area contributed by atoms with Gasteiger partial charge in [-0.15, -0.1) is 0 Å². The van der Waals surface area contributed by atoms with Crippen molar-refractivity contribution in [2.75, 3.05) is 19.6 Å². The van der Waals surface area contributed by atoms with Gasteiger partial charge in [0, 0.05) is 37.0 Å². The molecule has 124 valence electrons. The van der Waals surface area contributed by atoms with Crippen LogP contribution in [0, 0.1) is 11.8 Å². The first kappa shape index (κ1) is 15.2. The molecule has 1 saturated heterocycles. The van der Waals surface area contributed by atoms with Crippen molar-refractivity contribution < 1.29 is 4.79 Å². The van der Waals surface area contributed by atoms with Crippen LogP contribution in [0.4, 0.5) is 0 Å². The molecule has 0 aromatic heterocycles. The average Bonchev–Trinajstić information content (AvgIpc) is 3.48. The zero-order valence-electron chi connectivity index (χ0n) is 14.1. The standard InChI is InChI=1S/C20H28N2O/c1-15-13-18(15)19(23)21-17-7-11-22(12-8-17)14-20(9-10-20)16-5-3-2-4-6-16/h2-6,15,17-18H,7-14H2,1H3,(H,21,23)/t15-,18-/m1/s1. The molecule has 3 fully saturated rings. The van der Waals surface area contributed by atoms with Crippen molar-refractivity contribution in [3.8, 4) is 0 Å². The molecule has 3 aliphatic rings. The Morgan fingerprint density at radius 3 is 2.43 bits per heavy atom. The van der Waals surface area contributed by atoms with Crippen molar-refractivity contribution in [2.24, 2.45) is 11.8 Å². The Bertz CT molecular complexity index is 558. The van der Waals surface area contributed by atoms with Crippen LogP contribution in [0.5, 0.6) is 0 Å². The molecule has 1 heterocycles. The lowest BCUT2D eigenvalue weighted by atomic mass is 9.94. The van der Waals surface area contributed by atoms with Gasteiger partial charge < -0.3 is 10.2 Å². The molecular weight excluding hydrogens is 284 g/mol. The minimum atomic E-state index is 0.305. The number of nitrogens with one attached hydrogen (secondary N) is 1. The summed E-state index contributed by atoms with van der Waals surface area (Å²) in [4.78, 5) is 14.7. The van der Waals surface area contributed by atoms with Gasteiger partial charge in [0.05, 0.1) is 0 Å². The largest absolute Gasteiger partial charge is 0.353 e. The van der Waals surface area contributed by atoms with E-state index in [1.54, 1.807) is 0 Å². The van der Waals surface area contributed by atoms with Crippen LogP contribution < -0.4 is 5.32 Å². The van der Waals surface area contributed by atoms with Crippen molar-refractivity contribution in [3.63, 3.8) is 0 Å². The monoisotopic (exact) mass is 312 g/mol. The number of likely N-dealkylation sites (tertiary alicyclic amines) is 1. The molecular formula is C20H28N2O. The second-order valence-electron chi connectivity index (χ2n) is 8.02. The molecule has 0 unspecified atom stereocenters. The molecule has 3 heteroatoms. The van der Waals surface area contributed by atoms with Gasteiger partial charge in [0.15, 0.2) is 0 Å². The summed E-state index contributed by atoms with van der Waals surface area (Å²) in [7, 11) is 0. The lowest BCUT2D eigenvalue weighted by molar-refractivity contribution is -0.123. The van der Waals surface area contributed by atoms with E-state index in [0.717, 1.165) is 32.4 Å². The van der Waals surface area contributed by atoms with Gasteiger partial charge in [0.1, 0.15) is 0 Å². The molecule has 1 aromatic rings. The molecule has 0 radical (unpaired) electrons. The quantitative estimate of drug-likeness (QED) is 0.906. The maximum Gasteiger partial charge on any atom is 0.223 e. The summed E-state index contributed by atoms with van der Waals surface area (Å²) in [5, 5.41) is 3.28. The Kier molecular flexibility index (Phi) is 3.92. The summed E-state index contributed by atoms with van der Waals surface area (Å²) in [5.41, 5.74) is 1.93. The van der Waals surface area contributed by atoms with Crippen LogP contribution in [0.2, 0.25) is 0 Å². The number of piperidine rings is 1. The third-order valence-electron chi connectivity index (χ3n) is 6.15. The first-order valence-electron chi connectivity index (χ1n) is 9.25. The molecule has 2 saturated carbocycles. The van der Waals surface area contributed by atoms with Crippen LogP contribution in [-0.2, 0) is 10.2 Å². The van der Waals surface area contributed by atoms with E-state index in [-0.39, 0.29) is 0 Å². The molecule has 2 aliphatic carbocycles. The minimum Gasteiger partial charge on any atom is -0.353 e. The first-order valence-corrected chi connectivity index (χ1v) is 9.25. The van der Waals surface area contributed by atoms with Gasteiger partial charge >= 0.3 is 0 Å². The maximum absolute atomic E-state index is 12.1.